The maximum Gasteiger partial charge on any atom is 0.126 e. The first kappa shape index (κ1) is 11.8. The summed E-state index contributed by atoms with van der Waals surface area (Å²) in [7, 11) is 0. The molecule has 1 N–H and O–H groups in total. The largest absolute Gasteiger partial charge is 0.368 e. The van der Waals surface area contributed by atoms with Crippen LogP contribution in [0.15, 0.2) is 16.7 Å². The molecular formula is C10H14BrClN2. The third-order valence-corrected chi connectivity index (χ3v) is 3.03. The smallest absolute Gasteiger partial charge is 0.126 e. The van der Waals surface area contributed by atoms with E-state index in [0.717, 1.165) is 16.7 Å². The van der Waals surface area contributed by atoms with Crippen LogP contribution in [-0.2, 0) is 0 Å². The molecule has 0 aliphatic carbocycles. The predicted molar refractivity (Wildman–Crippen MR) is 65.1 cm³/mol. The highest BCUT2D eigenvalue weighted by molar-refractivity contribution is 9.10. The molecule has 4 heteroatoms. The van der Waals surface area contributed by atoms with Gasteiger partial charge in [0.05, 0.1) is 0 Å². The molecular weight excluding hydrogens is 263 g/mol. The summed E-state index contributed by atoms with van der Waals surface area (Å²) in [5.74, 6) is 1.58. The summed E-state index contributed by atoms with van der Waals surface area (Å²) in [4.78, 5) is 4.26. The number of nitrogens with one attached hydrogen (secondary N) is 1. The average molecular weight is 278 g/mol. The van der Waals surface area contributed by atoms with Crippen molar-refractivity contribution >= 4 is 33.3 Å². The molecule has 1 heterocycles. The monoisotopic (exact) mass is 276 g/mol. The molecule has 0 saturated carbocycles. The van der Waals surface area contributed by atoms with Gasteiger partial charge in [-0.2, -0.15) is 0 Å². The molecule has 0 radical (unpaired) electrons. The molecule has 1 unspecified atom stereocenters. The summed E-state index contributed by atoms with van der Waals surface area (Å²) in [5.41, 5.74) is 1.18. The molecule has 0 fully saturated rings. The number of aryl methyl sites for hydroxylation is 1. The van der Waals surface area contributed by atoms with E-state index in [1.807, 2.05) is 19.2 Å². The van der Waals surface area contributed by atoms with E-state index >= 15 is 0 Å². The van der Waals surface area contributed by atoms with Gasteiger partial charge in [0.25, 0.3) is 0 Å². The fraction of sp³-hybridized carbons (Fsp3) is 0.500. The van der Waals surface area contributed by atoms with Crippen molar-refractivity contribution in [3.8, 4) is 0 Å². The topological polar surface area (TPSA) is 24.9 Å². The van der Waals surface area contributed by atoms with E-state index < -0.39 is 0 Å². The Balaban J connectivity index is 2.63. The van der Waals surface area contributed by atoms with Gasteiger partial charge in [0.2, 0.25) is 0 Å². The van der Waals surface area contributed by atoms with Gasteiger partial charge in [-0.3, -0.25) is 0 Å². The van der Waals surface area contributed by atoms with Crippen molar-refractivity contribution < 1.29 is 0 Å². The molecule has 14 heavy (non-hydrogen) atoms. The number of halogens is 2. The molecule has 0 saturated heterocycles. The number of hydrogen-bond acceptors (Lipinski definition) is 2. The number of alkyl halides is 1. The lowest BCUT2D eigenvalue weighted by atomic mass is 10.2. The minimum Gasteiger partial charge on any atom is -0.368 e. The van der Waals surface area contributed by atoms with Crippen LogP contribution in [0.3, 0.4) is 0 Å². The van der Waals surface area contributed by atoms with Crippen LogP contribution in [0.25, 0.3) is 0 Å². The number of anilines is 1. The summed E-state index contributed by atoms with van der Waals surface area (Å²) in [5, 5.41) is 3.29. The lowest BCUT2D eigenvalue weighted by molar-refractivity contribution is 0.763. The van der Waals surface area contributed by atoms with Gasteiger partial charge in [-0.1, -0.05) is 0 Å². The summed E-state index contributed by atoms with van der Waals surface area (Å²) in [6.07, 6.45) is 2.75. The maximum atomic E-state index is 5.65. The first-order chi connectivity index (χ1) is 6.63. The first-order valence-electron chi connectivity index (χ1n) is 4.58. The molecule has 0 bridgehead atoms. The van der Waals surface area contributed by atoms with Crippen molar-refractivity contribution in [3.63, 3.8) is 0 Å². The van der Waals surface area contributed by atoms with Crippen LogP contribution in [0.5, 0.6) is 0 Å². The molecule has 2 nitrogen and oxygen atoms in total. The zero-order valence-electron chi connectivity index (χ0n) is 8.35. The van der Waals surface area contributed by atoms with E-state index in [9.17, 15) is 0 Å². The molecule has 1 aromatic heterocycles. The Morgan fingerprint density at radius 3 is 2.93 bits per heavy atom. The van der Waals surface area contributed by atoms with Crippen LogP contribution >= 0.6 is 27.5 Å². The zero-order chi connectivity index (χ0) is 10.6. The van der Waals surface area contributed by atoms with Gasteiger partial charge in [-0.15, -0.1) is 11.6 Å². The van der Waals surface area contributed by atoms with E-state index in [2.05, 4.69) is 33.2 Å². The molecule has 0 aromatic carbocycles. The van der Waals surface area contributed by atoms with E-state index in [0.29, 0.717) is 11.9 Å². The van der Waals surface area contributed by atoms with Crippen molar-refractivity contribution in [2.45, 2.75) is 26.3 Å². The van der Waals surface area contributed by atoms with Crippen LogP contribution in [0.1, 0.15) is 18.9 Å². The van der Waals surface area contributed by atoms with E-state index in [-0.39, 0.29) is 0 Å². The highest BCUT2D eigenvalue weighted by Gasteiger charge is 2.03. The predicted octanol–water partition coefficient (Wildman–Crippen LogP) is 3.58. The Labute approximate surface area is 98.2 Å². The van der Waals surface area contributed by atoms with Crippen LogP contribution in [0, 0.1) is 6.92 Å². The van der Waals surface area contributed by atoms with Gasteiger partial charge in [0.1, 0.15) is 5.82 Å². The average Bonchev–Trinajstić information content (AvgIpc) is 2.12. The fourth-order valence-corrected chi connectivity index (χ4v) is 1.65. The maximum absolute atomic E-state index is 5.65. The Bertz CT molecular complexity index is 304. The Kier molecular flexibility index (Phi) is 4.69. The standard InChI is InChI=1S/C10H14BrClN2/c1-7-5-10(13-6-9(7)11)14-8(2)3-4-12/h5-6,8H,3-4H2,1-2H3,(H,13,14). The van der Waals surface area contributed by atoms with E-state index in [1.165, 1.54) is 5.56 Å². The van der Waals surface area contributed by atoms with Crippen molar-refractivity contribution in [2.24, 2.45) is 0 Å². The highest BCUT2D eigenvalue weighted by Crippen LogP contribution is 2.17. The Hall–Kier alpha value is -0.280. The second-order valence-electron chi connectivity index (χ2n) is 3.34. The number of hydrogen-bond donors (Lipinski definition) is 1. The van der Waals surface area contributed by atoms with Crippen molar-refractivity contribution in [1.29, 1.82) is 0 Å². The molecule has 0 amide bonds. The van der Waals surface area contributed by atoms with Gasteiger partial charge in [0.15, 0.2) is 0 Å². The Morgan fingerprint density at radius 1 is 1.64 bits per heavy atom. The normalized spacial score (nSPS) is 12.6. The summed E-state index contributed by atoms with van der Waals surface area (Å²) in [6, 6.07) is 2.38. The zero-order valence-corrected chi connectivity index (χ0v) is 10.7. The summed E-state index contributed by atoms with van der Waals surface area (Å²) >= 11 is 9.07. The molecule has 1 atom stereocenters. The number of nitrogens with zero attached hydrogens (tertiary/aromatic N) is 1. The van der Waals surface area contributed by atoms with Crippen LogP contribution in [0.4, 0.5) is 5.82 Å². The van der Waals surface area contributed by atoms with E-state index in [4.69, 9.17) is 11.6 Å². The lowest BCUT2D eigenvalue weighted by Crippen LogP contribution is -2.16. The quantitative estimate of drug-likeness (QED) is 0.851. The van der Waals surface area contributed by atoms with Gasteiger partial charge < -0.3 is 5.32 Å². The molecule has 0 spiro atoms. The molecule has 78 valence electrons. The van der Waals surface area contributed by atoms with Crippen molar-refractivity contribution in [2.75, 3.05) is 11.2 Å². The second-order valence-corrected chi connectivity index (χ2v) is 4.57. The van der Waals surface area contributed by atoms with Gasteiger partial charge >= 0.3 is 0 Å². The number of rotatable bonds is 4. The van der Waals surface area contributed by atoms with Crippen molar-refractivity contribution in [1.82, 2.24) is 4.98 Å². The number of pyridine rings is 1. The van der Waals surface area contributed by atoms with Gasteiger partial charge in [0, 0.05) is 22.6 Å². The molecule has 0 aliphatic rings. The number of aromatic nitrogens is 1. The Morgan fingerprint density at radius 2 is 2.36 bits per heavy atom. The highest BCUT2D eigenvalue weighted by atomic mass is 79.9. The molecule has 1 rings (SSSR count). The summed E-state index contributed by atoms with van der Waals surface area (Å²) < 4.78 is 1.04. The SMILES string of the molecule is Cc1cc(NC(C)CCCl)ncc1Br. The minimum absolute atomic E-state index is 0.362. The van der Waals surface area contributed by atoms with Crippen molar-refractivity contribution in [3.05, 3.63) is 22.3 Å². The minimum atomic E-state index is 0.362. The van der Waals surface area contributed by atoms with Crippen LogP contribution < -0.4 is 5.32 Å². The third kappa shape index (κ3) is 3.46. The summed E-state index contributed by atoms with van der Waals surface area (Å²) in [6.45, 7) is 4.14. The molecule has 1 aromatic rings. The lowest BCUT2D eigenvalue weighted by Gasteiger charge is -2.13. The van der Waals surface area contributed by atoms with Gasteiger partial charge in [-0.25, -0.2) is 4.98 Å². The first-order valence-corrected chi connectivity index (χ1v) is 5.91. The second kappa shape index (κ2) is 5.56. The van der Waals surface area contributed by atoms with E-state index in [1.54, 1.807) is 0 Å². The molecule has 0 aliphatic heterocycles. The third-order valence-electron chi connectivity index (χ3n) is 1.98. The van der Waals surface area contributed by atoms with Crippen LogP contribution in [0.2, 0.25) is 0 Å². The van der Waals surface area contributed by atoms with Gasteiger partial charge in [-0.05, 0) is 47.8 Å². The fourth-order valence-electron chi connectivity index (χ4n) is 1.11. The van der Waals surface area contributed by atoms with Crippen LogP contribution in [-0.4, -0.2) is 16.9 Å².